The highest BCUT2D eigenvalue weighted by atomic mass is 32.2. The minimum Gasteiger partial charge on any atom is -0.342 e. The summed E-state index contributed by atoms with van der Waals surface area (Å²) in [5, 5.41) is 0.0345. The summed E-state index contributed by atoms with van der Waals surface area (Å²) >= 11 is 1.21. The molecule has 104 valence electrons. The van der Waals surface area contributed by atoms with Gasteiger partial charge in [0.05, 0.1) is 5.75 Å². The van der Waals surface area contributed by atoms with Crippen molar-refractivity contribution in [3.8, 4) is 0 Å². The van der Waals surface area contributed by atoms with Crippen LogP contribution in [0.4, 0.5) is 0 Å². The molecule has 0 aromatic heterocycles. The third-order valence-electron chi connectivity index (χ3n) is 2.65. The van der Waals surface area contributed by atoms with Crippen LogP contribution in [0.15, 0.2) is 0 Å². The Bertz CT molecular complexity index is 420. The molecule has 1 saturated heterocycles. The van der Waals surface area contributed by atoms with Gasteiger partial charge in [-0.2, -0.15) is 8.42 Å². The van der Waals surface area contributed by atoms with Crippen LogP contribution in [-0.2, 0) is 19.7 Å². The van der Waals surface area contributed by atoms with E-state index in [0.717, 1.165) is 0 Å². The van der Waals surface area contributed by atoms with E-state index in [1.165, 1.54) is 18.7 Å². The Labute approximate surface area is 111 Å². The van der Waals surface area contributed by atoms with E-state index in [1.807, 2.05) is 0 Å². The molecule has 0 saturated carbocycles. The first kappa shape index (κ1) is 15.5. The van der Waals surface area contributed by atoms with Crippen LogP contribution >= 0.6 is 11.8 Å². The van der Waals surface area contributed by atoms with Crippen molar-refractivity contribution in [3.63, 3.8) is 0 Å². The van der Waals surface area contributed by atoms with Gasteiger partial charge in [0, 0.05) is 32.2 Å². The monoisotopic (exact) mass is 295 g/mol. The number of carbonyl (C=O) groups is 2. The molecule has 0 aromatic carbocycles. The summed E-state index contributed by atoms with van der Waals surface area (Å²) in [4.78, 5) is 24.0. The van der Waals surface area contributed by atoms with Gasteiger partial charge >= 0.3 is 0 Å². The van der Waals surface area contributed by atoms with Gasteiger partial charge in [-0.3, -0.25) is 14.1 Å². The van der Waals surface area contributed by atoms with Gasteiger partial charge in [0.2, 0.25) is 5.91 Å². The lowest BCUT2D eigenvalue weighted by molar-refractivity contribution is -0.127. The summed E-state index contributed by atoms with van der Waals surface area (Å²) in [6.07, 6.45) is 0.642. The van der Waals surface area contributed by atoms with Crippen molar-refractivity contribution in [3.05, 3.63) is 0 Å². The maximum atomic E-state index is 11.6. The van der Waals surface area contributed by atoms with Crippen molar-refractivity contribution in [2.24, 2.45) is 5.92 Å². The molecule has 1 rings (SSSR count). The molecule has 18 heavy (non-hydrogen) atoms. The quantitative estimate of drug-likeness (QED) is 0.713. The molecule has 0 spiro atoms. The average molecular weight is 295 g/mol. The van der Waals surface area contributed by atoms with Gasteiger partial charge in [0.1, 0.15) is 0 Å². The Hall–Kier alpha value is -0.600. The Balaban J connectivity index is 2.31. The number of hydrogen-bond acceptors (Lipinski definition) is 5. The second-order valence-corrected chi connectivity index (χ2v) is 7.12. The molecule has 0 radical (unpaired) electrons. The lowest BCUT2D eigenvalue weighted by Crippen LogP contribution is -2.27. The molecule has 0 aliphatic carbocycles. The van der Waals surface area contributed by atoms with Crippen molar-refractivity contribution < 1.29 is 22.6 Å². The fourth-order valence-electron chi connectivity index (χ4n) is 1.85. The topological polar surface area (TPSA) is 91.8 Å². The normalized spacial score (nSPS) is 20.4. The summed E-state index contributed by atoms with van der Waals surface area (Å²) in [6, 6.07) is 0. The maximum absolute atomic E-state index is 11.6. The van der Waals surface area contributed by atoms with Crippen LogP contribution < -0.4 is 0 Å². The van der Waals surface area contributed by atoms with Crippen LogP contribution in [0.1, 0.15) is 19.8 Å². The Kier molecular flexibility index (Phi) is 5.61. The van der Waals surface area contributed by atoms with Gasteiger partial charge in [-0.05, 0) is 12.3 Å². The summed E-state index contributed by atoms with van der Waals surface area (Å²) in [5.74, 6) is 0.427. The molecule has 6 nitrogen and oxygen atoms in total. The zero-order chi connectivity index (χ0) is 13.8. The molecule has 0 bridgehead atoms. The third-order valence-corrected chi connectivity index (χ3v) is 4.50. The highest BCUT2D eigenvalue weighted by Gasteiger charge is 2.29. The first-order chi connectivity index (χ1) is 8.28. The molecule has 1 atom stereocenters. The van der Waals surface area contributed by atoms with Crippen molar-refractivity contribution in [2.75, 3.05) is 24.6 Å². The minimum absolute atomic E-state index is 0.0144. The van der Waals surface area contributed by atoms with Gasteiger partial charge in [-0.25, -0.2) is 0 Å². The highest BCUT2D eigenvalue weighted by molar-refractivity contribution is 8.13. The molecule has 1 amide bonds. The maximum Gasteiger partial charge on any atom is 0.264 e. The molecule has 1 aliphatic heterocycles. The minimum atomic E-state index is -3.96. The summed E-state index contributed by atoms with van der Waals surface area (Å²) in [6.45, 7) is 2.38. The number of nitrogens with zero attached hydrogens (tertiary/aromatic N) is 1. The van der Waals surface area contributed by atoms with Crippen LogP contribution in [0, 0.1) is 5.92 Å². The second-order valence-electron chi connectivity index (χ2n) is 4.35. The predicted molar refractivity (Wildman–Crippen MR) is 68.9 cm³/mol. The highest BCUT2D eigenvalue weighted by Crippen LogP contribution is 2.22. The standard InChI is InChI=1S/C10H17NO5S2/c1-8(12)17-7-9-5-10(13)11(6-9)3-2-4-18(14,15)16/h9H,2-7H2,1H3,(H,14,15,16). The van der Waals surface area contributed by atoms with E-state index in [0.29, 0.717) is 25.3 Å². The summed E-state index contributed by atoms with van der Waals surface area (Å²) < 4.78 is 29.7. The van der Waals surface area contributed by atoms with Crippen LogP contribution in [0.25, 0.3) is 0 Å². The lowest BCUT2D eigenvalue weighted by Gasteiger charge is -2.15. The van der Waals surface area contributed by atoms with Crippen LogP contribution in [-0.4, -0.2) is 53.5 Å². The number of carbonyl (C=O) groups excluding carboxylic acids is 2. The first-order valence-corrected chi connectivity index (χ1v) is 8.23. The molecule has 1 N–H and O–H groups in total. The molecule has 8 heteroatoms. The smallest absolute Gasteiger partial charge is 0.264 e. The number of thioether (sulfide) groups is 1. The lowest BCUT2D eigenvalue weighted by atomic mass is 10.1. The van der Waals surface area contributed by atoms with Crippen molar-refractivity contribution in [1.82, 2.24) is 4.90 Å². The van der Waals surface area contributed by atoms with E-state index < -0.39 is 10.1 Å². The van der Waals surface area contributed by atoms with E-state index in [-0.39, 0.29) is 29.1 Å². The van der Waals surface area contributed by atoms with Crippen LogP contribution in [0.2, 0.25) is 0 Å². The SMILES string of the molecule is CC(=O)SCC1CC(=O)N(CCCS(=O)(=O)O)C1. The Morgan fingerprint density at radius 3 is 2.78 bits per heavy atom. The summed E-state index contributed by atoms with van der Waals surface area (Å²) in [5.41, 5.74) is 0. The Morgan fingerprint density at radius 1 is 1.56 bits per heavy atom. The fraction of sp³-hybridized carbons (Fsp3) is 0.800. The fourth-order valence-corrected chi connectivity index (χ4v) is 3.04. The van der Waals surface area contributed by atoms with Crippen molar-refractivity contribution in [2.45, 2.75) is 19.8 Å². The zero-order valence-corrected chi connectivity index (χ0v) is 11.8. The van der Waals surface area contributed by atoms with Gasteiger partial charge in [-0.15, -0.1) is 0 Å². The Morgan fingerprint density at radius 2 is 2.22 bits per heavy atom. The van der Waals surface area contributed by atoms with E-state index in [1.54, 1.807) is 4.90 Å². The molecule has 0 aromatic rings. The molecule has 1 aliphatic rings. The summed E-state index contributed by atoms with van der Waals surface area (Å²) in [7, 11) is -3.96. The average Bonchev–Trinajstić information content (AvgIpc) is 2.55. The number of likely N-dealkylation sites (tertiary alicyclic amines) is 1. The van der Waals surface area contributed by atoms with E-state index >= 15 is 0 Å². The molecule has 1 fully saturated rings. The predicted octanol–water partition coefficient (Wildman–Crippen LogP) is 0.393. The second kappa shape index (κ2) is 6.53. The number of amides is 1. The van der Waals surface area contributed by atoms with E-state index in [9.17, 15) is 18.0 Å². The van der Waals surface area contributed by atoms with Crippen LogP contribution in [0.5, 0.6) is 0 Å². The van der Waals surface area contributed by atoms with Crippen molar-refractivity contribution >= 4 is 32.9 Å². The number of rotatable bonds is 6. The zero-order valence-electron chi connectivity index (χ0n) is 10.2. The third kappa shape index (κ3) is 5.83. The molecule has 1 unspecified atom stereocenters. The number of hydrogen-bond donors (Lipinski definition) is 1. The van der Waals surface area contributed by atoms with E-state index in [4.69, 9.17) is 4.55 Å². The van der Waals surface area contributed by atoms with Gasteiger partial charge < -0.3 is 4.90 Å². The molecular formula is C10H17NO5S2. The van der Waals surface area contributed by atoms with Gasteiger partial charge in [0.25, 0.3) is 10.1 Å². The van der Waals surface area contributed by atoms with Gasteiger partial charge in [-0.1, -0.05) is 11.8 Å². The first-order valence-electron chi connectivity index (χ1n) is 5.64. The van der Waals surface area contributed by atoms with Gasteiger partial charge in [0.15, 0.2) is 5.12 Å². The molecule has 1 heterocycles. The van der Waals surface area contributed by atoms with E-state index in [2.05, 4.69) is 0 Å². The van der Waals surface area contributed by atoms with Crippen molar-refractivity contribution in [1.29, 1.82) is 0 Å². The largest absolute Gasteiger partial charge is 0.342 e. The molecular weight excluding hydrogens is 278 g/mol. The van der Waals surface area contributed by atoms with Crippen LogP contribution in [0.3, 0.4) is 0 Å².